The molecule has 1 N–H and O–H groups in total. The Labute approximate surface area is 92.6 Å². The van der Waals surface area contributed by atoms with E-state index in [2.05, 4.69) is 22.6 Å². The predicted molar refractivity (Wildman–Crippen MR) is 59.6 cm³/mol. The number of alkyl halides is 1. The number of amides is 1. The molecule has 0 saturated heterocycles. The highest BCUT2D eigenvalue weighted by Crippen LogP contribution is 2.37. The minimum atomic E-state index is -0.569. The number of aliphatic hydroxyl groups is 1. The zero-order valence-corrected chi connectivity index (χ0v) is 10.2. The molecule has 4 heteroatoms. The molecule has 1 saturated carbocycles. The van der Waals surface area contributed by atoms with E-state index in [0.29, 0.717) is 0 Å². The molecule has 1 fully saturated rings. The number of carbonyl (C=O) groups is 1. The van der Waals surface area contributed by atoms with Crippen LogP contribution in [0, 0.1) is 5.92 Å². The Balaban J connectivity index is 2.46. The van der Waals surface area contributed by atoms with E-state index in [9.17, 15) is 9.90 Å². The molecular weight excluding hydrogens is 281 g/mol. The summed E-state index contributed by atoms with van der Waals surface area (Å²) in [4.78, 5) is 13.2. The zero-order chi connectivity index (χ0) is 10.1. The SMILES string of the molecule is CN(C)C(=O)C1CCC(O)(I)CC1. The molecule has 1 rings (SSSR count). The van der Waals surface area contributed by atoms with Crippen molar-refractivity contribution in [2.24, 2.45) is 5.92 Å². The number of hydrogen-bond donors (Lipinski definition) is 1. The summed E-state index contributed by atoms with van der Waals surface area (Å²) >= 11 is 2.07. The fourth-order valence-corrected chi connectivity index (χ4v) is 2.30. The Kier molecular flexibility index (Phi) is 3.57. The van der Waals surface area contributed by atoms with Gasteiger partial charge in [0.05, 0.1) is 0 Å². The Bertz CT molecular complexity index is 194. The average molecular weight is 297 g/mol. The number of nitrogens with zero attached hydrogens (tertiary/aromatic N) is 1. The lowest BCUT2D eigenvalue weighted by atomic mass is 9.86. The van der Waals surface area contributed by atoms with Crippen molar-refractivity contribution in [1.82, 2.24) is 4.90 Å². The van der Waals surface area contributed by atoms with Gasteiger partial charge in [-0.25, -0.2) is 0 Å². The molecule has 0 spiro atoms. The van der Waals surface area contributed by atoms with Crippen molar-refractivity contribution in [1.29, 1.82) is 0 Å². The van der Waals surface area contributed by atoms with Gasteiger partial charge < -0.3 is 10.0 Å². The summed E-state index contributed by atoms with van der Waals surface area (Å²) in [6.07, 6.45) is 3.10. The van der Waals surface area contributed by atoms with Crippen molar-refractivity contribution >= 4 is 28.5 Å². The number of rotatable bonds is 1. The minimum Gasteiger partial charge on any atom is -0.380 e. The topological polar surface area (TPSA) is 40.5 Å². The Hall–Kier alpha value is 0.160. The predicted octanol–water partition coefficient (Wildman–Crippen LogP) is 1.39. The van der Waals surface area contributed by atoms with Crippen molar-refractivity contribution in [3.63, 3.8) is 0 Å². The molecule has 76 valence electrons. The normalized spacial score (nSPS) is 34.3. The molecule has 0 bridgehead atoms. The minimum absolute atomic E-state index is 0.130. The highest BCUT2D eigenvalue weighted by atomic mass is 127. The maximum Gasteiger partial charge on any atom is 0.225 e. The van der Waals surface area contributed by atoms with Gasteiger partial charge in [0.2, 0.25) is 5.91 Å². The van der Waals surface area contributed by atoms with Crippen LogP contribution < -0.4 is 0 Å². The fraction of sp³-hybridized carbons (Fsp3) is 0.889. The van der Waals surface area contributed by atoms with Gasteiger partial charge in [-0.2, -0.15) is 0 Å². The third kappa shape index (κ3) is 3.09. The number of halogens is 1. The lowest BCUT2D eigenvalue weighted by molar-refractivity contribution is -0.134. The first-order valence-electron chi connectivity index (χ1n) is 4.55. The third-order valence-electron chi connectivity index (χ3n) is 2.54. The number of carbonyl (C=O) groups excluding carboxylic acids is 1. The van der Waals surface area contributed by atoms with Gasteiger partial charge in [-0.05, 0) is 48.3 Å². The third-order valence-corrected chi connectivity index (χ3v) is 3.62. The molecule has 0 heterocycles. The summed E-state index contributed by atoms with van der Waals surface area (Å²) in [5.74, 6) is 0.331. The maximum absolute atomic E-state index is 11.6. The van der Waals surface area contributed by atoms with Gasteiger partial charge in [-0.15, -0.1) is 0 Å². The van der Waals surface area contributed by atoms with Crippen LogP contribution in [0.4, 0.5) is 0 Å². The van der Waals surface area contributed by atoms with Crippen LogP contribution in [0.5, 0.6) is 0 Å². The van der Waals surface area contributed by atoms with E-state index in [1.54, 1.807) is 19.0 Å². The Morgan fingerprint density at radius 1 is 1.46 bits per heavy atom. The van der Waals surface area contributed by atoms with Gasteiger partial charge in [-0.3, -0.25) is 4.79 Å². The van der Waals surface area contributed by atoms with Gasteiger partial charge in [-0.1, -0.05) is 0 Å². The molecule has 1 aliphatic rings. The molecule has 0 unspecified atom stereocenters. The summed E-state index contributed by atoms with van der Waals surface area (Å²) in [6.45, 7) is 0. The molecule has 0 radical (unpaired) electrons. The van der Waals surface area contributed by atoms with Crippen LogP contribution >= 0.6 is 22.6 Å². The average Bonchev–Trinajstić information content (AvgIpc) is 2.03. The van der Waals surface area contributed by atoms with Crippen molar-refractivity contribution in [3.8, 4) is 0 Å². The monoisotopic (exact) mass is 297 g/mol. The zero-order valence-electron chi connectivity index (χ0n) is 8.09. The molecule has 13 heavy (non-hydrogen) atoms. The molecule has 0 aromatic heterocycles. The van der Waals surface area contributed by atoms with E-state index in [-0.39, 0.29) is 11.8 Å². The summed E-state index contributed by atoms with van der Waals surface area (Å²) in [7, 11) is 3.57. The van der Waals surface area contributed by atoms with Gasteiger partial charge >= 0.3 is 0 Å². The van der Waals surface area contributed by atoms with Crippen LogP contribution in [0.2, 0.25) is 0 Å². The van der Waals surface area contributed by atoms with E-state index in [1.165, 1.54) is 0 Å². The van der Waals surface area contributed by atoms with Gasteiger partial charge in [0, 0.05) is 20.0 Å². The van der Waals surface area contributed by atoms with Gasteiger partial charge in [0.25, 0.3) is 0 Å². The second kappa shape index (κ2) is 4.13. The lowest BCUT2D eigenvalue weighted by Gasteiger charge is -2.32. The first-order chi connectivity index (χ1) is 5.92. The van der Waals surface area contributed by atoms with Crippen LogP contribution in [-0.4, -0.2) is 33.6 Å². The standard InChI is InChI=1S/C9H16INO2/c1-11(2)8(12)7-3-5-9(10,13)6-4-7/h7,13H,3-6H2,1-2H3. The lowest BCUT2D eigenvalue weighted by Crippen LogP contribution is -2.36. The van der Waals surface area contributed by atoms with Gasteiger partial charge in [0.15, 0.2) is 0 Å². The molecule has 1 aliphatic carbocycles. The highest BCUT2D eigenvalue weighted by molar-refractivity contribution is 14.1. The molecular formula is C9H16INO2. The van der Waals surface area contributed by atoms with Crippen molar-refractivity contribution in [2.75, 3.05) is 14.1 Å². The highest BCUT2D eigenvalue weighted by Gasteiger charge is 2.33. The maximum atomic E-state index is 11.6. The van der Waals surface area contributed by atoms with Crippen LogP contribution in [0.1, 0.15) is 25.7 Å². The smallest absolute Gasteiger partial charge is 0.225 e. The summed E-state index contributed by atoms with van der Waals surface area (Å²) in [5, 5.41) is 9.67. The van der Waals surface area contributed by atoms with Crippen molar-refractivity contribution in [2.45, 2.75) is 29.3 Å². The molecule has 0 aromatic carbocycles. The van der Waals surface area contributed by atoms with Gasteiger partial charge in [0.1, 0.15) is 3.61 Å². The van der Waals surface area contributed by atoms with E-state index >= 15 is 0 Å². The van der Waals surface area contributed by atoms with Crippen LogP contribution in [0.15, 0.2) is 0 Å². The Morgan fingerprint density at radius 2 is 1.92 bits per heavy atom. The first-order valence-corrected chi connectivity index (χ1v) is 5.63. The van der Waals surface area contributed by atoms with Crippen molar-refractivity contribution in [3.05, 3.63) is 0 Å². The van der Waals surface area contributed by atoms with Crippen molar-refractivity contribution < 1.29 is 9.90 Å². The molecule has 3 nitrogen and oxygen atoms in total. The van der Waals surface area contributed by atoms with Crippen LogP contribution in [0.25, 0.3) is 0 Å². The van der Waals surface area contributed by atoms with E-state index < -0.39 is 3.61 Å². The summed E-state index contributed by atoms with van der Waals surface area (Å²) < 4.78 is -0.569. The van der Waals surface area contributed by atoms with Crippen LogP contribution in [-0.2, 0) is 4.79 Å². The van der Waals surface area contributed by atoms with E-state index in [0.717, 1.165) is 25.7 Å². The van der Waals surface area contributed by atoms with E-state index in [4.69, 9.17) is 0 Å². The quantitative estimate of drug-likeness (QED) is 0.587. The Morgan fingerprint density at radius 3 is 2.31 bits per heavy atom. The first kappa shape index (κ1) is 11.2. The van der Waals surface area contributed by atoms with Crippen LogP contribution in [0.3, 0.4) is 0 Å². The number of hydrogen-bond acceptors (Lipinski definition) is 2. The second-order valence-corrected chi connectivity index (χ2v) is 5.93. The summed E-state index contributed by atoms with van der Waals surface area (Å²) in [5.41, 5.74) is 0. The van der Waals surface area contributed by atoms with E-state index in [1.807, 2.05) is 0 Å². The molecule has 0 aliphatic heterocycles. The molecule has 0 aromatic rings. The second-order valence-electron chi connectivity index (χ2n) is 3.92. The largest absolute Gasteiger partial charge is 0.380 e. The fourth-order valence-electron chi connectivity index (χ4n) is 1.67. The molecule has 1 amide bonds. The molecule has 0 atom stereocenters. The summed E-state index contributed by atoms with van der Waals surface area (Å²) in [6, 6.07) is 0.